The predicted octanol–water partition coefficient (Wildman–Crippen LogP) is 4.59. The van der Waals surface area contributed by atoms with Gasteiger partial charge in [-0.2, -0.15) is 0 Å². The number of hydrogen-bond donors (Lipinski definition) is 3. The first kappa shape index (κ1) is 29.9. The number of alkyl halides is 1. The van der Waals surface area contributed by atoms with Crippen molar-refractivity contribution in [2.45, 2.75) is 61.0 Å². The summed E-state index contributed by atoms with van der Waals surface area (Å²) < 4.78 is -0.790. The number of para-hydroxylation sites is 1. The number of anilines is 3. The highest BCUT2D eigenvalue weighted by atomic mass is 79.9. The highest BCUT2D eigenvalue weighted by Crippen LogP contribution is 2.68. The second kappa shape index (κ2) is 12.0. The van der Waals surface area contributed by atoms with E-state index in [1.165, 1.54) is 0 Å². The van der Waals surface area contributed by atoms with Crippen LogP contribution in [-0.4, -0.2) is 74.3 Å². The highest BCUT2D eigenvalue weighted by molar-refractivity contribution is 9.09. The molecule has 41 heavy (non-hydrogen) atoms. The average molecular weight is 644 g/mol. The molecule has 3 heterocycles. The van der Waals surface area contributed by atoms with Crippen LogP contribution in [0.2, 0.25) is 0 Å². The van der Waals surface area contributed by atoms with E-state index in [1.807, 2.05) is 68.4 Å². The molecule has 3 saturated heterocycles. The van der Waals surface area contributed by atoms with Crippen LogP contribution in [0.5, 0.6) is 0 Å². The monoisotopic (exact) mass is 642 g/mol. The fourth-order valence-electron chi connectivity index (χ4n) is 6.95. The first-order valence-electron chi connectivity index (χ1n) is 14.4. The fraction of sp³-hybridized carbons (Fsp3) is 0.516. The third-order valence-electron chi connectivity index (χ3n) is 8.90. The van der Waals surface area contributed by atoms with E-state index in [0.717, 1.165) is 18.8 Å². The Bertz CT molecular complexity index is 1270. The zero-order chi connectivity index (χ0) is 29.5. The maximum atomic E-state index is 14.3. The van der Waals surface area contributed by atoms with Gasteiger partial charge in [0.05, 0.1) is 29.2 Å². The number of aliphatic hydroxyl groups excluding tert-OH is 1. The molecule has 7 atom stereocenters. The lowest BCUT2D eigenvalue weighted by atomic mass is 9.70. The first-order chi connectivity index (χ1) is 19.7. The number of likely N-dealkylation sites (tertiary alicyclic amines) is 1. The number of rotatable bonds is 10. The van der Waals surface area contributed by atoms with E-state index in [1.54, 1.807) is 16.7 Å². The van der Waals surface area contributed by atoms with Gasteiger partial charge in [-0.3, -0.25) is 14.4 Å². The molecule has 3 aliphatic heterocycles. The number of benzene rings is 2. The van der Waals surface area contributed by atoms with Gasteiger partial charge in [0.1, 0.15) is 6.04 Å². The highest BCUT2D eigenvalue weighted by Gasteiger charge is 2.76. The minimum Gasteiger partial charge on any atom is -0.394 e. The van der Waals surface area contributed by atoms with E-state index < -0.39 is 28.7 Å². The third kappa shape index (κ3) is 5.16. The van der Waals surface area contributed by atoms with Crippen LogP contribution < -0.4 is 15.5 Å². The molecule has 2 bridgehead atoms. The zero-order valence-electron chi connectivity index (χ0n) is 23.9. The van der Waals surface area contributed by atoms with Crippen LogP contribution >= 0.6 is 27.7 Å². The minimum atomic E-state index is -0.827. The van der Waals surface area contributed by atoms with Gasteiger partial charge >= 0.3 is 0 Å². The SMILES string of the molecule is CCN(CC)c1ccc(NC(=O)C2N([C@@H](CO)C(C)C)C(=O)[C@@H]3[C@H](C(=O)Nc4ccccc4)[C@H]4SC23CC4Br)cc1. The van der Waals surface area contributed by atoms with Crippen LogP contribution in [0.25, 0.3) is 0 Å². The Morgan fingerprint density at radius 3 is 2.24 bits per heavy atom. The van der Waals surface area contributed by atoms with Crippen molar-refractivity contribution >= 4 is 62.5 Å². The van der Waals surface area contributed by atoms with Crippen molar-refractivity contribution in [3.05, 3.63) is 54.6 Å². The van der Waals surface area contributed by atoms with Crippen molar-refractivity contribution in [1.82, 2.24) is 4.90 Å². The number of carbonyl (C=O) groups excluding carboxylic acids is 3. The molecule has 3 N–H and O–H groups in total. The molecule has 2 aromatic carbocycles. The number of nitrogens with one attached hydrogen (secondary N) is 2. The molecule has 0 aromatic heterocycles. The van der Waals surface area contributed by atoms with Crippen LogP contribution in [0.3, 0.4) is 0 Å². The molecule has 3 fully saturated rings. The molecule has 3 unspecified atom stereocenters. The summed E-state index contributed by atoms with van der Waals surface area (Å²) in [6, 6.07) is 15.6. The van der Waals surface area contributed by atoms with Crippen molar-refractivity contribution in [2.24, 2.45) is 17.8 Å². The van der Waals surface area contributed by atoms with Gasteiger partial charge in [-0.1, -0.05) is 48.0 Å². The summed E-state index contributed by atoms with van der Waals surface area (Å²) in [6.45, 7) is 9.59. The van der Waals surface area contributed by atoms with Gasteiger partial charge in [-0.25, -0.2) is 0 Å². The molecule has 0 aliphatic carbocycles. The number of amides is 3. The largest absolute Gasteiger partial charge is 0.394 e. The number of fused-ring (bicyclic) bond motifs is 1. The van der Waals surface area contributed by atoms with Crippen LogP contribution in [0.15, 0.2) is 54.6 Å². The van der Waals surface area contributed by atoms with E-state index in [9.17, 15) is 19.5 Å². The lowest BCUT2D eigenvalue weighted by molar-refractivity contribution is -0.142. The predicted molar refractivity (Wildman–Crippen MR) is 168 cm³/mol. The molecule has 2 aromatic rings. The molecule has 0 saturated carbocycles. The van der Waals surface area contributed by atoms with E-state index in [-0.39, 0.29) is 40.3 Å². The summed E-state index contributed by atoms with van der Waals surface area (Å²) in [5.74, 6) is -2.07. The van der Waals surface area contributed by atoms with Gasteiger partial charge in [0.2, 0.25) is 17.7 Å². The number of nitrogens with zero attached hydrogens (tertiary/aromatic N) is 2. The fourth-order valence-corrected chi connectivity index (χ4v) is 10.5. The summed E-state index contributed by atoms with van der Waals surface area (Å²) in [4.78, 5) is 46.1. The Morgan fingerprint density at radius 1 is 1.05 bits per heavy atom. The first-order valence-corrected chi connectivity index (χ1v) is 16.2. The minimum absolute atomic E-state index is 0.0293. The zero-order valence-corrected chi connectivity index (χ0v) is 26.3. The topological polar surface area (TPSA) is 102 Å². The summed E-state index contributed by atoms with van der Waals surface area (Å²) in [5.41, 5.74) is 2.39. The van der Waals surface area contributed by atoms with E-state index in [2.05, 4.69) is 45.3 Å². The molecular formula is C31H39BrN4O4S. The van der Waals surface area contributed by atoms with Gasteiger partial charge in [0.25, 0.3) is 0 Å². The standard InChI is InChI=1S/C31H39BrN4O4S/c1-5-35(6-2)21-14-12-20(13-15-21)34-29(39)27-31-16-22(32)26(41-31)24(28(38)33-19-10-8-7-9-11-19)25(31)30(40)36(27)23(17-37)18(3)4/h7-15,18,22-27,37H,5-6,16-17H2,1-4H3,(H,33,38)(H,34,39)/t22?,23-,24-,25-,26-,27?,31?/m0/s1. The molecule has 5 rings (SSSR count). The molecular weight excluding hydrogens is 604 g/mol. The second-order valence-corrected chi connectivity index (χ2v) is 14.2. The number of thioether (sulfide) groups is 1. The Morgan fingerprint density at radius 2 is 1.66 bits per heavy atom. The average Bonchev–Trinajstić information content (AvgIpc) is 3.54. The van der Waals surface area contributed by atoms with E-state index in [0.29, 0.717) is 17.8 Å². The van der Waals surface area contributed by atoms with Crippen molar-refractivity contribution in [3.8, 4) is 0 Å². The molecule has 3 aliphatic rings. The second-order valence-electron chi connectivity index (χ2n) is 11.5. The smallest absolute Gasteiger partial charge is 0.248 e. The maximum Gasteiger partial charge on any atom is 0.248 e. The van der Waals surface area contributed by atoms with Crippen LogP contribution in [0.1, 0.15) is 34.1 Å². The van der Waals surface area contributed by atoms with Crippen molar-refractivity contribution < 1.29 is 19.5 Å². The van der Waals surface area contributed by atoms with E-state index in [4.69, 9.17) is 0 Å². The third-order valence-corrected chi connectivity index (χ3v) is 12.1. The van der Waals surface area contributed by atoms with Gasteiger partial charge in [0, 0.05) is 40.2 Å². The Labute approximate surface area is 254 Å². The van der Waals surface area contributed by atoms with Crippen LogP contribution in [0.4, 0.5) is 17.1 Å². The Hall–Kier alpha value is -2.56. The van der Waals surface area contributed by atoms with Crippen LogP contribution in [-0.2, 0) is 14.4 Å². The molecule has 8 nitrogen and oxygen atoms in total. The van der Waals surface area contributed by atoms with Crippen molar-refractivity contribution in [2.75, 3.05) is 35.2 Å². The number of carbonyl (C=O) groups is 3. The Balaban J connectivity index is 1.49. The van der Waals surface area contributed by atoms with Gasteiger partial charge < -0.3 is 25.5 Å². The summed E-state index contributed by atoms with van der Waals surface area (Å²) >= 11 is 5.40. The quantitative estimate of drug-likeness (QED) is 0.328. The number of hydrogen-bond acceptors (Lipinski definition) is 6. The molecule has 220 valence electrons. The van der Waals surface area contributed by atoms with Gasteiger partial charge in [-0.05, 0) is 62.6 Å². The molecule has 3 amide bonds. The summed E-state index contributed by atoms with van der Waals surface area (Å²) in [6.07, 6.45) is 0.583. The van der Waals surface area contributed by atoms with E-state index >= 15 is 0 Å². The molecule has 1 spiro atoms. The Kier molecular flexibility index (Phi) is 8.74. The maximum absolute atomic E-state index is 14.3. The van der Waals surface area contributed by atoms with Gasteiger partial charge in [-0.15, -0.1) is 11.8 Å². The summed E-state index contributed by atoms with van der Waals surface area (Å²) in [7, 11) is 0. The van der Waals surface area contributed by atoms with Crippen molar-refractivity contribution in [3.63, 3.8) is 0 Å². The lowest BCUT2D eigenvalue weighted by Crippen LogP contribution is -2.56. The van der Waals surface area contributed by atoms with Gasteiger partial charge in [0.15, 0.2) is 0 Å². The van der Waals surface area contributed by atoms with Crippen molar-refractivity contribution in [1.29, 1.82) is 0 Å². The lowest BCUT2D eigenvalue weighted by Gasteiger charge is -2.38. The molecule has 10 heteroatoms. The molecule has 0 radical (unpaired) electrons. The normalized spacial score (nSPS) is 29.0. The van der Waals surface area contributed by atoms with Crippen LogP contribution in [0, 0.1) is 17.8 Å². The number of aliphatic hydroxyl groups is 1. The number of halogens is 1. The summed E-state index contributed by atoms with van der Waals surface area (Å²) in [5, 5.41) is 16.4.